The van der Waals surface area contributed by atoms with Crippen molar-refractivity contribution in [3.63, 3.8) is 0 Å². The summed E-state index contributed by atoms with van der Waals surface area (Å²) in [5, 5.41) is 7.60. The number of thiophene rings is 1. The molecular weight excluding hydrogens is 208 g/mol. The van der Waals surface area contributed by atoms with Crippen molar-refractivity contribution in [2.24, 2.45) is 0 Å². The number of oxazole rings is 1. The predicted octanol–water partition coefficient (Wildman–Crippen LogP) is 2.90. The zero-order valence-electron chi connectivity index (χ0n) is 8.86. The molecule has 3 nitrogen and oxygen atoms in total. The van der Waals surface area contributed by atoms with Gasteiger partial charge in [-0.1, -0.05) is 0 Å². The molecular formula is C11H14N2OS. The Morgan fingerprint density at radius 1 is 1.60 bits per heavy atom. The van der Waals surface area contributed by atoms with E-state index in [1.54, 1.807) is 17.5 Å². The average molecular weight is 222 g/mol. The molecule has 0 saturated heterocycles. The van der Waals surface area contributed by atoms with Crippen LogP contribution in [0.1, 0.15) is 30.2 Å². The Balaban J connectivity index is 1.88. The number of nitrogens with zero attached hydrogens (tertiary/aromatic N) is 1. The normalized spacial score (nSPS) is 12.9. The average Bonchev–Trinajstić information content (AvgIpc) is 2.84. The maximum Gasteiger partial charge on any atom is 0.208 e. The molecule has 15 heavy (non-hydrogen) atoms. The van der Waals surface area contributed by atoms with Crippen LogP contribution in [0.4, 0.5) is 0 Å². The highest BCUT2D eigenvalue weighted by Crippen LogP contribution is 2.16. The first-order valence-corrected chi connectivity index (χ1v) is 5.87. The zero-order chi connectivity index (χ0) is 10.7. The van der Waals surface area contributed by atoms with Crippen LogP contribution in [0.25, 0.3) is 0 Å². The van der Waals surface area contributed by atoms with E-state index in [1.165, 1.54) is 5.56 Å². The fraction of sp³-hybridized carbons (Fsp3) is 0.364. The molecule has 2 aromatic rings. The number of hydrogen-bond acceptors (Lipinski definition) is 4. The van der Waals surface area contributed by atoms with Crippen LogP contribution in [0.2, 0.25) is 0 Å². The summed E-state index contributed by atoms with van der Waals surface area (Å²) in [6, 6.07) is 2.46. The Kier molecular flexibility index (Phi) is 3.18. The predicted molar refractivity (Wildman–Crippen MR) is 60.8 cm³/mol. The molecule has 80 valence electrons. The lowest BCUT2D eigenvalue weighted by Gasteiger charge is -2.10. The van der Waals surface area contributed by atoms with Crippen LogP contribution in [-0.2, 0) is 6.54 Å². The van der Waals surface area contributed by atoms with E-state index in [2.05, 4.69) is 34.1 Å². The molecule has 0 spiro atoms. The summed E-state index contributed by atoms with van der Waals surface area (Å²) in [7, 11) is 0. The quantitative estimate of drug-likeness (QED) is 0.864. The summed E-state index contributed by atoms with van der Waals surface area (Å²) in [6.07, 6.45) is 1.74. The first kappa shape index (κ1) is 10.4. The Bertz CT molecular complexity index is 408. The lowest BCUT2D eigenvalue weighted by atomic mass is 10.2. The number of hydrogen-bond donors (Lipinski definition) is 1. The summed E-state index contributed by atoms with van der Waals surface area (Å²) in [5.74, 6) is 1.60. The van der Waals surface area contributed by atoms with Gasteiger partial charge in [-0.05, 0) is 36.2 Å². The molecule has 0 amide bonds. The standard InChI is InChI=1S/C11H14N2OS/c1-8-5-13-11(14-8)6-12-9(2)10-3-4-15-7-10/h3-5,7,9,12H,6H2,1-2H3. The van der Waals surface area contributed by atoms with Crippen LogP contribution in [0.15, 0.2) is 27.4 Å². The molecule has 1 atom stereocenters. The minimum atomic E-state index is 0.337. The van der Waals surface area contributed by atoms with Gasteiger partial charge in [-0.2, -0.15) is 11.3 Å². The topological polar surface area (TPSA) is 38.1 Å². The summed E-state index contributed by atoms with van der Waals surface area (Å²) < 4.78 is 5.38. The molecule has 0 aliphatic rings. The third kappa shape index (κ3) is 2.67. The van der Waals surface area contributed by atoms with Gasteiger partial charge in [0.1, 0.15) is 5.76 Å². The highest BCUT2D eigenvalue weighted by atomic mass is 32.1. The van der Waals surface area contributed by atoms with Crippen molar-refractivity contribution in [2.75, 3.05) is 0 Å². The fourth-order valence-electron chi connectivity index (χ4n) is 1.36. The summed E-state index contributed by atoms with van der Waals surface area (Å²) >= 11 is 1.71. The molecule has 0 radical (unpaired) electrons. The second-order valence-electron chi connectivity index (χ2n) is 3.52. The molecule has 0 bridgehead atoms. The zero-order valence-corrected chi connectivity index (χ0v) is 9.67. The van der Waals surface area contributed by atoms with Crippen LogP contribution < -0.4 is 5.32 Å². The second kappa shape index (κ2) is 4.59. The Labute approximate surface area is 93.2 Å². The van der Waals surface area contributed by atoms with Gasteiger partial charge in [-0.25, -0.2) is 4.98 Å². The third-order valence-electron chi connectivity index (χ3n) is 2.27. The molecule has 0 aliphatic heterocycles. The van der Waals surface area contributed by atoms with Crippen molar-refractivity contribution in [3.05, 3.63) is 40.2 Å². The largest absolute Gasteiger partial charge is 0.445 e. The highest BCUT2D eigenvalue weighted by molar-refractivity contribution is 7.07. The summed E-state index contributed by atoms with van der Waals surface area (Å²) in [4.78, 5) is 4.14. The second-order valence-corrected chi connectivity index (χ2v) is 4.30. The van der Waals surface area contributed by atoms with E-state index in [-0.39, 0.29) is 0 Å². The van der Waals surface area contributed by atoms with Crippen molar-refractivity contribution in [3.8, 4) is 0 Å². The lowest BCUT2D eigenvalue weighted by molar-refractivity contribution is 0.432. The van der Waals surface area contributed by atoms with Crippen LogP contribution in [0, 0.1) is 6.92 Å². The van der Waals surface area contributed by atoms with Crippen LogP contribution >= 0.6 is 11.3 Å². The molecule has 2 rings (SSSR count). The summed E-state index contributed by atoms with van der Waals surface area (Å²) in [5.41, 5.74) is 1.31. The van der Waals surface area contributed by atoms with E-state index in [9.17, 15) is 0 Å². The fourth-order valence-corrected chi connectivity index (χ4v) is 2.12. The van der Waals surface area contributed by atoms with Crippen molar-refractivity contribution in [1.29, 1.82) is 0 Å². The van der Waals surface area contributed by atoms with Gasteiger partial charge >= 0.3 is 0 Å². The summed E-state index contributed by atoms with van der Waals surface area (Å²) in [6.45, 7) is 4.71. The molecule has 1 unspecified atom stereocenters. The van der Waals surface area contributed by atoms with E-state index < -0.39 is 0 Å². The van der Waals surface area contributed by atoms with Gasteiger partial charge in [0, 0.05) is 6.04 Å². The first-order valence-electron chi connectivity index (χ1n) is 4.92. The van der Waals surface area contributed by atoms with Gasteiger partial charge in [0.05, 0.1) is 12.7 Å². The molecule has 2 heterocycles. The van der Waals surface area contributed by atoms with Gasteiger partial charge in [0.25, 0.3) is 0 Å². The smallest absolute Gasteiger partial charge is 0.208 e. The Morgan fingerprint density at radius 2 is 2.47 bits per heavy atom. The lowest BCUT2D eigenvalue weighted by Crippen LogP contribution is -2.17. The Morgan fingerprint density at radius 3 is 3.07 bits per heavy atom. The van der Waals surface area contributed by atoms with E-state index in [1.807, 2.05) is 6.92 Å². The van der Waals surface area contributed by atoms with Gasteiger partial charge in [0.15, 0.2) is 0 Å². The molecule has 1 N–H and O–H groups in total. The van der Waals surface area contributed by atoms with Gasteiger partial charge in [-0.3, -0.25) is 0 Å². The number of nitrogens with one attached hydrogen (secondary N) is 1. The molecule has 0 fully saturated rings. The maximum atomic E-state index is 5.38. The monoisotopic (exact) mass is 222 g/mol. The van der Waals surface area contributed by atoms with Crippen molar-refractivity contribution >= 4 is 11.3 Å². The maximum absolute atomic E-state index is 5.38. The molecule has 4 heteroatoms. The molecule has 0 saturated carbocycles. The minimum absolute atomic E-state index is 0.337. The van der Waals surface area contributed by atoms with Gasteiger partial charge in [0.2, 0.25) is 5.89 Å². The minimum Gasteiger partial charge on any atom is -0.445 e. The molecule has 0 aromatic carbocycles. The highest BCUT2D eigenvalue weighted by Gasteiger charge is 2.06. The van der Waals surface area contributed by atoms with Crippen molar-refractivity contribution < 1.29 is 4.42 Å². The van der Waals surface area contributed by atoms with E-state index in [0.717, 1.165) is 11.7 Å². The van der Waals surface area contributed by atoms with E-state index >= 15 is 0 Å². The number of aryl methyl sites for hydroxylation is 1. The van der Waals surface area contributed by atoms with Gasteiger partial charge in [-0.15, -0.1) is 0 Å². The SMILES string of the molecule is Cc1cnc(CNC(C)c2ccsc2)o1. The Hall–Kier alpha value is -1.13. The number of rotatable bonds is 4. The van der Waals surface area contributed by atoms with Crippen molar-refractivity contribution in [1.82, 2.24) is 10.3 Å². The van der Waals surface area contributed by atoms with Crippen molar-refractivity contribution in [2.45, 2.75) is 26.4 Å². The van der Waals surface area contributed by atoms with E-state index in [4.69, 9.17) is 4.42 Å². The number of aromatic nitrogens is 1. The van der Waals surface area contributed by atoms with Crippen LogP contribution in [0.3, 0.4) is 0 Å². The first-order chi connectivity index (χ1) is 7.25. The van der Waals surface area contributed by atoms with Crippen LogP contribution in [0.5, 0.6) is 0 Å². The van der Waals surface area contributed by atoms with Gasteiger partial charge < -0.3 is 9.73 Å². The third-order valence-corrected chi connectivity index (χ3v) is 2.97. The van der Waals surface area contributed by atoms with Crippen LogP contribution in [-0.4, -0.2) is 4.98 Å². The molecule has 2 aromatic heterocycles. The van der Waals surface area contributed by atoms with E-state index in [0.29, 0.717) is 12.6 Å². The molecule has 0 aliphatic carbocycles.